The van der Waals surface area contributed by atoms with Crippen molar-refractivity contribution in [2.75, 3.05) is 12.1 Å². The van der Waals surface area contributed by atoms with Crippen molar-refractivity contribution in [3.8, 4) is 17.4 Å². The van der Waals surface area contributed by atoms with E-state index < -0.39 is 0 Å². The first-order valence-corrected chi connectivity index (χ1v) is 9.90. The topological polar surface area (TPSA) is 111 Å². The van der Waals surface area contributed by atoms with Gasteiger partial charge in [-0.3, -0.25) is 14.6 Å². The molecule has 1 aliphatic heterocycles. The summed E-state index contributed by atoms with van der Waals surface area (Å²) in [5.41, 5.74) is 1.69. The summed E-state index contributed by atoms with van der Waals surface area (Å²) in [7, 11) is 0. The standard InChI is InChI=1S/C21H21N5O4/c1-11(2)14-9-19(27)24-21(22-14)26-18(8-15(25-26)12-3-4-12)23-20(28)13-5-6-16-17(7-13)30-10-29-16/h5-9,11-12H,3-4,10H2,1-2H3,(H,23,28)(H,22,24,27). The second-order valence-electron chi connectivity index (χ2n) is 7.81. The molecule has 30 heavy (non-hydrogen) atoms. The zero-order valence-electron chi connectivity index (χ0n) is 16.6. The van der Waals surface area contributed by atoms with Gasteiger partial charge in [-0.15, -0.1) is 0 Å². The molecule has 9 heteroatoms. The quantitative estimate of drug-likeness (QED) is 0.673. The summed E-state index contributed by atoms with van der Waals surface area (Å²) in [6, 6.07) is 8.33. The van der Waals surface area contributed by atoms with E-state index in [0.717, 1.165) is 18.5 Å². The van der Waals surface area contributed by atoms with Gasteiger partial charge in [0.1, 0.15) is 5.82 Å². The number of hydrogen-bond acceptors (Lipinski definition) is 6. The van der Waals surface area contributed by atoms with Crippen molar-refractivity contribution in [1.82, 2.24) is 19.7 Å². The summed E-state index contributed by atoms with van der Waals surface area (Å²) in [5.74, 6) is 2.00. The van der Waals surface area contributed by atoms with Crippen molar-refractivity contribution in [1.29, 1.82) is 0 Å². The van der Waals surface area contributed by atoms with Crippen molar-refractivity contribution in [2.24, 2.45) is 0 Å². The number of aromatic nitrogens is 4. The second-order valence-corrected chi connectivity index (χ2v) is 7.81. The van der Waals surface area contributed by atoms with Gasteiger partial charge in [-0.25, -0.2) is 4.98 Å². The number of benzene rings is 1. The Morgan fingerprint density at radius 2 is 2.00 bits per heavy atom. The summed E-state index contributed by atoms with van der Waals surface area (Å²) in [4.78, 5) is 32.3. The molecule has 2 aromatic heterocycles. The fourth-order valence-electron chi connectivity index (χ4n) is 3.31. The van der Waals surface area contributed by atoms with Crippen LogP contribution in [0.3, 0.4) is 0 Å². The maximum atomic E-state index is 12.9. The third kappa shape index (κ3) is 3.42. The number of aromatic amines is 1. The highest BCUT2D eigenvalue weighted by molar-refractivity contribution is 6.04. The lowest BCUT2D eigenvalue weighted by Crippen LogP contribution is -2.19. The SMILES string of the molecule is CC(C)c1cc(=O)[nH]c(-n2nc(C3CC3)cc2NC(=O)c2ccc3c(c2)OCO3)n1. The first kappa shape index (κ1) is 18.4. The summed E-state index contributed by atoms with van der Waals surface area (Å²) >= 11 is 0. The molecular weight excluding hydrogens is 386 g/mol. The highest BCUT2D eigenvalue weighted by Gasteiger charge is 2.29. The van der Waals surface area contributed by atoms with Crippen LogP contribution in [-0.2, 0) is 0 Å². The normalized spacial score (nSPS) is 14.9. The van der Waals surface area contributed by atoms with E-state index in [4.69, 9.17) is 9.47 Å². The molecule has 1 aromatic carbocycles. The van der Waals surface area contributed by atoms with E-state index in [9.17, 15) is 9.59 Å². The number of amides is 1. The number of nitrogens with one attached hydrogen (secondary N) is 2. The Balaban J connectivity index is 1.51. The summed E-state index contributed by atoms with van der Waals surface area (Å²) < 4.78 is 12.1. The van der Waals surface area contributed by atoms with Crippen LogP contribution in [0.15, 0.2) is 35.1 Å². The van der Waals surface area contributed by atoms with Gasteiger partial charge in [-0.1, -0.05) is 13.8 Å². The van der Waals surface area contributed by atoms with Gasteiger partial charge in [0.05, 0.1) is 11.4 Å². The lowest BCUT2D eigenvalue weighted by molar-refractivity contribution is 0.102. The predicted octanol–water partition coefficient (Wildman–Crippen LogP) is 2.94. The van der Waals surface area contributed by atoms with Gasteiger partial charge >= 0.3 is 0 Å². The molecular formula is C21H21N5O4. The highest BCUT2D eigenvalue weighted by atomic mass is 16.7. The maximum Gasteiger partial charge on any atom is 0.256 e. The van der Waals surface area contributed by atoms with Crippen molar-refractivity contribution in [3.05, 3.63) is 57.6 Å². The fourth-order valence-corrected chi connectivity index (χ4v) is 3.31. The van der Waals surface area contributed by atoms with Crippen LogP contribution in [0.2, 0.25) is 0 Å². The number of anilines is 1. The average molecular weight is 407 g/mol. The van der Waals surface area contributed by atoms with Gasteiger partial charge in [-0.2, -0.15) is 9.78 Å². The van der Waals surface area contributed by atoms with Crippen LogP contribution in [0.1, 0.15) is 60.3 Å². The largest absolute Gasteiger partial charge is 0.454 e. The third-order valence-electron chi connectivity index (χ3n) is 5.14. The number of fused-ring (bicyclic) bond motifs is 1. The lowest BCUT2D eigenvalue weighted by Gasteiger charge is -2.10. The number of ether oxygens (including phenoxy) is 2. The fraction of sp³-hybridized carbons (Fsp3) is 0.333. The smallest absolute Gasteiger partial charge is 0.256 e. The van der Waals surface area contributed by atoms with Crippen molar-refractivity contribution >= 4 is 11.7 Å². The van der Waals surface area contributed by atoms with Gasteiger partial charge < -0.3 is 14.8 Å². The average Bonchev–Trinajstić information content (AvgIpc) is 3.31. The molecule has 1 saturated carbocycles. The molecule has 0 atom stereocenters. The minimum Gasteiger partial charge on any atom is -0.454 e. The molecule has 0 spiro atoms. The molecule has 0 bridgehead atoms. The molecule has 0 saturated heterocycles. The number of hydrogen-bond donors (Lipinski definition) is 2. The Hall–Kier alpha value is -3.62. The monoisotopic (exact) mass is 407 g/mol. The maximum absolute atomic E-state index is 12.9. The van der Waals surface area contributed by atoms with Crippen LogP contribution in [0.4, 0.5) is 5.82 Å². The van der Waals surface area contributed by atoms with Crippen LogP contribution in [0.25, 0.3) is 5.95 Å². The van der Waals surface area contributed by atoms with Crippen LogP contribution in [0, 0.1) is 0 Å². The Morgan fingerprint density at radius 1 is 1.20 bits per heavy atom. The van der Waals surface area contributed by atoms with Gasteiger partial charge in [-0.05, 0) is 37.0 Å². The number of H-pyrrole nitrogens is 1. The zero-order valence-corrected chi connectivity index (χ0v) is 16.6. The molecule has 154 valence electrons. The van der Waals surface area contributed by atoms with E-state index >= 15 is 0 Å². The molecule has 0 radical (unpaired) electrons. The van der Waals surface area contributed by atoms with Gasteiger partial charge in [0, 0.05) is 23.6 Å². The zero-order chi connectivity index (χ0) is 20.8. The van der Waals surface area contributed by atoms with Gasteiger partial charge in [0.2, 0.25) is 12.7 Å². The molecule has 2 N–H and O–H groups in total. The van der Waals surface area contributed by atoms with E-state index in [2.05, 4.69) is 20.4 Å². The lowest BCUT2D eigenvalue weighted by atomic mass is 10.1. The van der Waals surface area contributed by atoms with Crippen LogP contribution < -0.4 is 20.3 Å². The second kappa shape index (κ2) is 7.01. The highest BCUT2D eigenvalue weighted by Crippen LogP contribution is 2.40. The molecule has 3 aromatic rings. The van der Waals surface area contributed by atoms with Crippen molar-refractivity contribution in [2.45, 2.75) is 38.5 Å². The molecule has 3 heterocycles. The Morgan fingerprint density at radius 3 is 2.77 bits per heavy atom. The summed E-state index contributed by atoms with van der Waals surface area (Å²) in [6.07, 6.45) is 2.12. The number of nitrogens with zero attached hydrogens (tertiary/aromatic N) is 3. The molecule has 5 rings (SSSR count). The molecule has 2 aliphatic rings. The van der Waals surface area contributed by atoms with Crippen molar-refractivity contribution < 1.29 is 14.3 Å². The van der Waals surface area contributed by atoms with Gasteiger partial charge in [0.15, 0.2) is 11.5 Å². The summed E-state index contributed by atoms with van der Waals surface area (Å²) in [6.45, 7) is 4.07. The number of rotatable bonds is 5. The first-order valence-electron chi connectivity index (χ1n) is 9.90. The number of carbonyl (C=O) groups is 1. The van der Waals surface area contributed by atoms with E-state index in [1.54, 1.807) is 18.2 Å². The molecule has 1 fully saturated rings. The molecule has 0 unspecified atom stereocenters. The van der Waals surface area contributed by atoms with E-state index in [1.165, 1.54) is 10.7 Å². The van der Waals surface area contributed by atoms with Crippen LogP contribution >= 0.6 is 0 Å². The summed E-state index contributed by atoms with van der Waals surface area (Å²) in [5, 5.41) is 7.50. The first-order chi connectivity index (χ1) is 14.5. The number of carbonyl (C=O) groups excluding carboxylic acids is 1. The van der Waals surface area contributed by atoms with Crippen LogP contribution in [0.5, 0.6) is 11.5 Å². The predicted molar refractivity (Wildman–Crippen MR) is 109 cm³/mol. The van der Waals surface area contributed by atoms with Gasteiger partial charge in [0.25, 0.3) is 11.5 Å². The molecule has 1 aliphatic carbocycles. The van der Waals surface area contributed by atoms with E-state index in [-0.39, 0.29) is 30.1 Å². The minimum absolute atomic E-state index is 0.0798. The molecule has 9 nitrogen and oxygen atoms in total. The van der Waals surface area contributed by atoms with E-state index in [1.807, 2.05) is 19.9 Å². The molecule has 1 amide bonds. The van der Waals surface area contributed by atoms with Crippen molar-refractivity contribution in [3.63, 3.8) is 0 Å². The van der Waals surface area contributed by atoms with E-state index in [0.29, 0.717) is 34.5 Å². The minimum atomic E-state index is -0.320. The Bertz CT molecular complexity index is 1190. The van der Waals surface area contributed by atoms with Crippen LogP contribution in [-0.4, -0.2) is 32.4 Å². The Kier molecular flexibility index (Phi) is 4.30. The Labute approximate surface area is 172 Å². The third-order valence-corrected chi connectivity index (χ3v) is 5.14.